The summed E-state index contributed by atoms with van der Waals surface area (Å²) in [5, 5.41) is 6.51. The summed E-state index contributed by atoms with van der Waals surface area (Å²) in [6.07, 6.45) is 4.37. The molecule has 0 saturated carbocycles. The van der Waals surface area contributed by atoms with Crippen molar-refractivity contribution in [1.82, 2.24) is 15.7 Å². The van der Waals surface area contributed by atoms with Gasteiger partial charge >= 0.3 is 6.09 Å². The zero-order chi connectivity index (χ0) is 19.9. The number of alkyl carbamates (subject to hydrolysis) is 1. The van der Waals surface area contributed by atoms with Crippen LogP contribution in [0.25, 0.3) is 11.1 Å². The number of hydrazone groups is 1. The fourth-order valence-corrected chi connectivity index (χ4v) is 2.39. The number of carbonyl (C=O) groups excluding carboxylic acids is 2. The maximum Gasteiger partial charge on any atom is 0.407 e. The molecule has 142 valence electrons. The second-order valence-corrected chi connectivity index (χ2v) is 7.03. The Morgan fingerprint density at radius 1 is 1.07 bits per heavy atom. The second kappa shape index (κ2) is 8.93. The van der Waals surface area contributed by atoms with E-state index in [0.717, 1.165) is 16.7 Å². The van der Waals surface area contributed by atoms with Gasteiger partial charge in [0.1, 0.15) is 6.04 Å². The van der Waals surface area contributed by atoms with Crippen molar-refractivity contribution in [2.45, 2.75) is 26.8 Å². The highest BCUT2D eigenvalue weighted by molar-refractivity contribution is 5.88. The molecule has 1 atom stereocenters. The van der Waals surface area contributed by atoms with Crippen LogP contribution in [-0.4, -0.2) is 36.4 Å². The lowest BCUT2D eigenvalue weighted by Gasteiger charge is -2.28. The number of ether oxygens (including phenoxy) is 1. The monoisotopic (exact) mass is 368 g/mol. The molecule has 0 aliphatic carbocycles. The zero-order valence-electron chi connectivity index (χ0n) is 15.9. The fourth-order valence-electron chi connectivity index (χ4n) is 2.39. The van der Waals surface area contributed by atoms with Gasteiger partial charge in [0.2, 0.25) is 0 Å². The number of amides is 2. The van der Waals surface area contributed by atoms with E-state index in [0.29, 0.717) is 0 Å². The number of aromatic nitrogens is 1. The molecule has 2 aromatic rings. The molecule has 0 aliphatic rings. The molecule has 7 heteroatoms. The van der Waals surface area contributed by atoms with Gasteiger partial charge in [0.05, 0.1) is 13.3 Å². The Bertz CT molecular complexity index is 796. The van der Waals surface area contributed by atoms with Crippen LogP contribution >= 0.6 is 0 Å². The van der Waals surface area contributed by atoms with E-state index in [1.807, 2.05) is 57.2 Å². The first-order valence-corrected chi connectivity index (χ1v) is 8.49. The van der Waals surface area contributed by atoms with Crippen molar-refractivity contribution in [1.29, 1.82) is 0 Å². The van der Waals surface area contributed by atoms with Crippen LogP contribution in [-0.2, 0) is 9.53 Å². The van der Waals surface area contributed by atoms with Gasteiger partial charge in [-0.2, -0.15) is 5.10 Å². The Morgan fingerprint density at radius 2 is 1.67 bits per heavy atom. The third kappa shape index (κ3) is 5.91. The Labute approximate surface area is 158 Å². The third-order valence-corrected chi connectivity index (χ3v) is 3.89. The van der Waals surface area contributed by atoms with Gasteiger partial charge in [0, 0.05) is 12.4 Å². The molecule has 0 fully saturated rings. The second-order valence-electron chi connectivity index (χ2n) is 7.03. The lowest BCUT2D eigenvalue weighted by Crippen LogP contribution is -2.52. The number of carbonyl (C=O) groups is 2. The Kier molecular flexibility index (Phi) is 6.65. The number of methoxy groups -OCH3 is 1. The van der Waals surface area contributed by atoms with Crippen molar-refractivity contribution < 1.29 is 14.3 Å². The van der Waals surface area contributed by atoms with Crippen LogP contribution in [0.3, 0.4) is 0 Å². The Hall–Kier alpha value is -3.22. The SMILES string of the molecule is COC(=O)NC(C(=O)NN=Cc1ccc(-c2ccncc2)cc1)C(C)(C)C. The summed E-state index contributed by atoms with van der Waals surface area (Å²) in [5.74, 6) is -0.419. The highest BCUT2D eigenvalue weighted by Crippen LogP contribution is 2.20. The number of hydrogen-bond donors (Lipinski definition) is 2. The molecule has 2 amide bonds. The molecule has 2 rings (SSSR count). The van der Waals surface area contributed by atoms with E-state index in [1.54, 1.807) is 18.6 Å². The molecule has 27 heavy (non-hydrogen) atoms. The van der Waals surface area contributed by atoms with E-state index in [2.05, 4.69) is 25.6 Å². The molecule has 0 bridgehead atoms. The van der Waals surface area contributed by atoms with E-state index in [1.165, 1.54) is 7.11 Å². The van der Waals surface area contributed by atoms with Crippen molar-refractivity contribution in [2.75, 3.05) is 7.11 Å². The third-order valence-electron chi connectivity index (χ3n) is 3.89. The van der Waals surface area contributed by atoms with E-state index in [-0.39, 0.29) is 0 Å². The molecule has 1 aromatic heterocycles. The van der Waals surface area contributed by atoms with Gasteiger partial charge in [0.15, 0.2) is 0 Å². The van der Waals surface area contributed by atoms with Crippen LogP contribution in [0.1, 0.15) is 26.3 Å². The smallest absolute Gasteiger partial charge is 0.407 e. The van der Waals surface area contributed by atoms with Gasteiger partial charge in [-0.05, 0) is 34.2 Å². The van der Waals surface area contributed by atoms with E-state index in [4.69, 9.17) is 0 Å². The van der Waals surface area contributed by atoms with Gasteiger partial charge in [-0.25, -0.2) is 10.2 Å². The molecule has 0 radical (unpaired) electrons. The summed E-state index contributed by atoms with van der Waals surface area (Å²) in [4.78, 5) is 27.8. The van der Waals surface area contributed by atoms with Crippen LogP contribution < -0.4 is 10.7 Å². The van der Waals surface area contributed by atoms with Gasteiger partial charge < -0.3 is 10.1 Å². The van der Waals surface area contributed by atoms with Gasteiger partial charge in [-0.3, -0.25) is 9.78 Å². The van der Waals surface area contributed by atoms with Gasteiger partial charge in [-0.15, -0.1) is 0 Å². The van der Waals surface area contributed by atoms with Crippen molar-refractivity contribution in [3.05, 3.63) is 54.4 Å². The number of hydrogen-bond acceptors (Lipinski definition) is 5. The van der Waals surface area contributed by atoms with Crippen LogP contribution in [0.2, 0.25) is 0 Å². The molecule has 0 aliphatic heterocycles. The number of pyridine rings is 1. The largest absolute Gasteiger partial charge is 0.453 e. The van der Waals surface area contributed by atoms with Gasteiger partial charge in [-0.1, -0.05) is 45.0 Å². The predicted molar refractivity (Wildman–Crippen MR) is 104 cm³/mol. The lowest BCUT2D eigenvalue weighted by molar-refractivity contribution is -0.125. The fraction of sp³-hybridized carbons (Fsp3) is 0.300. The molecule has 0 saturated heterocycles. The number of rotatable bonds is 5. The van der Waals surface area contributed by atoms with Crippen molar-refractivity contribution in [3.63, 3.8) is 0 Å². The molecular formula is C20H24N4O3. The summed E-state index contributed by atoms with van der Waals surface area (Å²) in [6, 6.07) is 10.8. The van der Waals surface area contributed by atoms with E-state index in [9.17, 15) is 9.59 Å². The Morgan fingerprint density at radius 3 is 2.22 bits per heavy atom. The van der Waals surface area contributed by atoms with Crippen molar-refractivity contribution in [2.24, 2.45) is 10.5 Å². The number of nitrogens with zero attached hydrogens (tertiary/aromatic N) is 2. The molecule has 1 heterocycles. The first-order chi connectivity index (χ1) is 12.8. The first-order valence-electron chi connectivity index (χ1n) is 8.49. The minimum absolute atomic E-state index is 0.419. The molecule has 0 spiro atoms. The summed E-state index contributed by atoms with van der Waals surface area (Å²) in [7, 11) is 1.25. The minimum Gasteiger partial charge on any atom is -0.453 e. The van der Waals surface area contributed by atoms with Crippen LogP contribution in [0.4, 0.5) is 4.79 Å². The highest BCUT2D eigenvalue weighted by Gasteiger charge is 2.33. The summed E-state index contributed by atoms with van der Waals surface area (Å²) >= 11 is 0. The molecule has 7 nitrogen and oxygen atoms in total. The maximum atomic E-state index is 12.4. The van der Waals surface area contributed by atoms with Gasteiger partial charge in [0.25, 0.3) is 5.91 Å². The topological polar surface area (TPSA) is 92.7 Å². The quantitative estimate of drug-likeness (QED) is 0.627. The molecule has 1 unspecified atom stereocenters. The molecule has 1 aromatic carbocycles. The zero-order valence-corrected chi connectivity index (χ0v) is 15.9. The van der Waals surface area contributed by atoms with Crippen LogP contribution in [0.5, 0.6) is 0 Å². The number of benzene rings is 1. The summed E-state index contributed by atoms with van der Waals surface area (Å²) < 4.78 is 4.58. The summed E-state index contributed by atoms with van der Waals surface area (Å²) in [6.45, 7) is 5.53. The number of nitrogens with one attached hydrogen (secondary N) is 2. The maximum absolute atomic E-state index is 12.4. The predicted octanol–water partition coefficient (Wildman–Crippen LogP) is 2.97. The van der Waals surface area contributed by atoms with Crippen molar-refractivity contribution >= 4 is 18.2 Å². The standard InChI is InChI=1S/C20H24N4O3/c1-20(2,3)17(23-19(26)27-4)18(25)24-22-13-14-5-7-15(8-6-14)16-9-11-21-12-10-16/h5-13,17H,1-4H3,(H,23,26)(H,24,25). The lowest BCUT2D eigenvalue weighted by atomic mass is 9.86. The van der Waals surface area contributed by atoms with E-state index >= 15 is 0 Å². The summed E-state index contributed by atoms with van der Waals surface area (Å²) in [5.41, 5.74) is 4.94. The first kappa shape index (κ1) is 20.1. The molecular weight excluding hydrogens is 344 g/mol. The molecule has 2 N–H and O–H groups in total. The van der Waals surface area contributed by atoms with E-state index < -0.39 is 23.5 Å². The van der Waals surface area contributed by atoms with Crippen molar-refractivity contribution in [3.8, 4) is 11.1 Å². The Balaban J connectivity index is 2.00. The average Bonchev–Trinajstić information content (AvgIpc) is 2.66. The van der Waals surface area contributed by atoms with Crippen LogP contribution in [0.15, 0.2) is 53.9 Å². The normalized spacial score (nSPS) is 12.4. The highest BCUT2D eigenvalue weighted by atomic mass is 16.5. The van der Waals surface area contributed by atoms with Crippen LogP contribution in [0, 0.1) is 5.41 Å². The average molecular weight is 368 g/mol. The minimum atomic E-state index is -0.781.